The largest absolute Gasteiger partial charge is 0.469 e. The summed E-state index contributed by atoms with van der Waals surface area (Å²) in [5, 5.41) is 5.96. The SMILES string of the molecule is COC(=O)C[C@H](NC1CCN(c2ccc(C(=O)NCc3ccccc3F)cc2)CC1)C(=O)OC. The number of carbonyl (C=O) groups is 3. The van der Waals surface area contributed by atoms with Gasteiger partial charge < -0.3 is 25.0 Å². The fourth-order valence-electron chi connectivity index (χ4n) is 3.93. The van der Waals surface area contributed by atoms with Crippen molar-refractivity contribution in [3.8, 4) is 0 Å². The van der Waals surface area contributed by atoms with Gasteiger partial charge in [-0.2, -0.15) is 0 Å². The van der Waals surface area contributed by atoms with E-state index in [9.17, 15) is 18.8 Å². The maximum Gasteiger partial charge on any atom is 0.323 e. The fourth-order valence-corrected chi connectivity index (χ4v) is 3.93. The summed E-state index contributed by atoms with van der Waals surface area (Å²) in [6, 6.07) is 12.9. The topological polar surface area (TPSA) is 97.0 Å². The zero-order valence-electron chi connectivity index (χ0n) is 19.4. The molecule has 1 aliphatic heterocycles. The van der Waals surface area contributed by atoms with Gasteiger partial charge in [-0.1, -0.05) is 18.2 Å². The predicted molar refractivity (Wildman–Crippen MR) is 125 cm³/mol. The van der Waals surface area contributed by atoms with Crippen molar-refractivity contribution in [3.63, 3.8) is 0 Å². The molecule has 3 rings (SSSR count). The van der Waals surface area contributed by atoms with Crippen LogP contribution in [0.25, 0.3) is 0 Å². The Morgan fingerprint density at radius 2 is 1.71 bits per heavy atom. The van der Waals surface area contributed by atoms with Gasteiger partial charge in [0.15, 0.2) is 0 Å². The number of hydrogen-bond acceptors (Lipinski definition) is 7. The van der Waals surface area contributed by atoms with Crippen molar-refractivity contribution in [1.29, 1.82) is 0 Å². The Labute approximate surface area is 198 Å². The second-order valence-corrected chi connectivity index (χ2v) is 8.10. The van der Waals surface area contributed by atoms with Crippen molar-refractivity contribution in [2.45, 2.75) is 37.9 Å². The molecule has 1 amide bonds. The van der Waals surface area contributed by atoms with Crippen LogP contribution in [0.3, 0.4) is 0 Å². The number of methoxy groups -OCH3 is 2. The molecule has 8 nitrogen and oxygen atoms in total. The summed E-state index contributed by atoms with van der Waals surface area (Å²) < 4.78 is 23.2. The molecule has 1 atom stereocenters. The van der Waals surface area contributed by atoms with Gasteiger partial charge in [-0.3, -0.25) is 14.4 Å². The van der Waals surface area contributed by atoms with Crippen molar-refractivity contribution in [2.24, 2.45) is 0 Å². The quantitative estimate of drug-likeness (QED) is 0.542. The Balaban J connectivity index is 1.50. The molecular formula is C25H30FN3O5. The van der Waals surface area contributed by atoms with Gasteiger partial charge in [-0.15, -0.1) is 0 Å². The second kappa shape index (κ2) is 12.1. The average molecular weight is 472 g/mol. The molecule has 34 heavy (non-hydrogen) atoms. The van der Waals surface area contributed by atoms with Crippen LogP contribution in [0.15, 0.2) is 48.5 Å². The summed E-state index contributed by atoms with van der Waals surface area (Å²) in [6.45, 7) is 1.63. The highest BCUT2D eigenvalue weighted by molar-refractivity contribution is 5.94. The lowest BCUT2D eigenvalue weighted by atomic mass is 10.0. The Morgan fingerprint density at radius 1 is 1.03 bits per heavy atom. The zero-order chi connectivity index (χ0) is 24.5. The van der Waals surface area contributed by atoms with Crippen LogP contribution in [0.5, 0.6) is 0 Å². The minimum atomic E-state index is -0.740. The van der Waals surface area contributed by atoms with Crippen LogP contribution in [0.1, 0.15) is 35.2 Å². The van der Waals surface area contributed by atoms with Crippen molar-refractivity contribution in [1.82, 2.24) is 10.6 Å². The van der Waals surface area contributed by atoms with E-state index < -0.39 is 18.0 Å². The number of esters is 2. The number of piperidine rings is 1. The van der Waals surface area contributed by atoms with Crippen LogP contribution in [-0.4, -0.2) is 57.2 Å². The number of carbonyl (C=O) groups excluding carboxylic acids is 3. The predicted octanol–water partition coefficient (Wildman–Crippen LogP) is 2.42. The summed E-state index contributed by atoms with van der Waals surface area (Å²) >= 11 is 0. The lowest BCUT2D eigenvalue weighted by molar-refractivity contribution is -0.149. The van der Waals surface area contributed by atoms with E-state index in [0.29, 0.717) is 11.1 Å². The Bertz CT molecular complexity index is 990. The first kappa shape index (κ1) is 25.2. The third-order valence-corrected chi connectivity index (χ3v) is 5.91. The zero-order valence-corrected chi connectivity index (χ0v) is 19.4. The molecule has 182 valence electrons. The summed E-state index contributed by atoms with van der Waals surface area (Å²) in [7, 11) is 2.58. The van der Waals surface area contributed by atoms with E-state index in [1.165, 1.54) is 20.3 Å². The van der Waals surface area contributed by atoms with Crippen molar-refractivity contribution >= 4 is 23.5 Å². The molecule has 1 aliphatic rings. The molecule has 2 aromatic rings. The van der Waals surface area contributed by atoms with Crippen LogP contribution in [-0.2, 0) is 25.6 Å². The van der Waals surface area contributed by atoms with Crippen LogP contribution < -0.4 is 15.5 Å². The van der Waals surface area contributed by atoms with E-state index in [-0.39, 0.29) is 30.7 Å². The molecule has 1 fully saturated rings. The van der Waals surface area contributed by atoms with Gasteiger partial charge in [-0.05, 0) is 43.2 Å². The monoisotopic (exact) mass is 471 g/mol. The van der Waals surface area contributed by atoms with Gasteiger partial charge in [0, 0.05) is 42.5 Å². The number of rotatable bonds is 9. The molecule has 1 saturated heterocycles. The van der Waals surface area contributed by atoms with Crippen molar-refractivity contribution in [3.05, 3.63) is 65.5 Å². The van der Waals surface area contributed by atoms with Gasteiger partial charge in [0.05, 0.1) is 20.6 Å². The number of nitrogens with one attached hydrogen (secondary N) is 2. The van der Waals surface area contributed by atoms with Gasteiger partial charge in [0.2, 0.25) is 0 Å². The lowest BCUT2D eigenvalue weighted by Gasteiger charge is -2.35. The highest BCUT2D eigenvalue weighted by Gasteiger charge is 2.28. The molecule has 0 aromatic heterocycles. The minimum Gasteiger partial charge on any atom is -0.469 e. The van der Waals surface area contributed by atoms with Gasteiger partial charge in [0.25, 0.3) is 5.91 Å². The summed E-state index contributed by atoms with van der Waals surface area (Å²) in [4.78, 5) is 38.2. The lowest BCUT2D eigenvalue weighted by Crippen LogP contribution is -2.50. The molecule has 2 N–H and O–H groups in total. The van der Waals surface area contributed by atoms with E-state index in [2.05, 4.69) is 20.3 Å². The standard InChI is InChI=1S/C25H30FN3O5/c1-33-23(30)15-22(25(32)34-2)28-19-11-13-29(14-12-19)20-9-7-17(8-10-20)24(31)27-16-18-5-3-4-6-21(18)26/h3-10,19,22,28H,11-16H2,1-2H3,(H,27,31)/t22-/m0/s1. The molecule has 9 heteroatoms. The molecular weight excluding hydrogens is 441 g/mol. The number of hydrogen-bond donors (Lipinski definition) is 2. The van der Waals surface area contributed by atoms with E-state index in [0.717, 1.165) is 31.6 Å². The number of amides is 1. The van der Waals surface area contributed by atoms with Crippen LogP contribution in [0.2, 0.25) is 0 Å². The normalized spacial score (nSPS) is 14.9. The third kappa shape index (κ3) is 6.77. The number of nitrogens with zero attached hydrogens (tertiary/aromatic N) is 1. The molecule has 2 aromatic carbocycles. The second-order valence-electron chi connectivity index (χ2n) is 8.10. The molecule has 0 spiro atoms. The van der Waals surface area contributed by atoms with Crippen LogP contribution in [0, 0.1) is 5.82 Å². The summed E-state index contributed by atoms with van der Waals surface area (Å²) in [5.74, 6) is -1.58. The first-order valence-electron chi connectivity index (χ1n) is 11.2. The van der Waals surface area contributed by atoms with Crippen LogP contribution >= 0.6 is 0 Å². The average Bonchev–Trinajstić information content (AvgIpc) is 2.87. The molecule has 0 unspecified atom stereocenters. The number of ether oxygens (including phenoxy) is 2. The molecule has 1 heterocycles. The van der Waals surface area contributed by atoms with E-state index >= 15 is 0 Å². The molecule has 0 saturated carbocycles. The highest BCUT2D eigenvalue weighted by Crippen LogP contribution is 2.21. The minimum absolute atomic E-state index is 0.0634. The van der Waals surface area contributed by atoms with E-state index in [1.54, 1.807) is 30.3 Å². The molecule has 0 aliphatic carbocycles. The smallest absolute Gasteiger partial charge is 0.323 e. The molecule has 0 bridgehead atoms. The highest BCUT2D eigenvalue weighted by atomic mass is 19.1. The van der Waals surface area contributed by atoms with Gasteiger partial charge in [0.1, 0.15) is 11.9 Å². The van der Waals surface area contributed by atoms with Gasteiger partial charge >= 0.3 is 11.9 Å². The maximum atomic E-state index is 13.7. The number of benzene rings is 2. The fraction of sp³-hybridized carbons (Fsp3) is 0.400. The van der Waals surface area contributed by atoms with Crippen LogP contribution in [0.4, 0.5) is 10.1 Å². The van der Waals surface area contributed by atoms with Crippen molar-refractivity contribution < 1.29 is 28.2 Å². The Hall–Kier alpha value is -3.46. The number of halogens is 1. The van der Waals surface area contributed by atoms with Crippen molar-refractivity contribution in [2.75, 3.05) is 32.2 Å². The molecule has 0 radical (unpaired) electrons. The third-order valence-electron chi connectivity index (χ3n) is 5.91. The Morgan fingerprint density at radius 3 is 2.32 bits per heavy atom. The summed E-state index contributed by atoms with van der Waals surface area (Å²) in [6.07, 6.45) is 1.48. The van der Waals surface area contributed by atoms with E-state index in [1.807, 2.05) is 12.1 Å². The maximum absolute atomic E-state index is 13.7. The first-order valence-corrected chi connectivity index (χ1v) is 11.2. The first-order chi connectivity index (χ1) is 16.4. The van der Waals surface area contributed by atoms with Gasteiger partial charge in [-0.25, -0.2) is 4.39 Å². The summed E-state index contributed by atoms with van der Waals surface area (Å²) in [5.41, 5.74) is 1.92. The van der Waals surface area contributed by atoms with E-state index in [4.69, 9.17) is 4.74 Å². The Kier molecular flexibility index (Phi) is 8.98. The number of anilines is 1.